The van der Waals surface area contributed by atoms with Gasteiger partial charge in [0.1, 0.15) is 0 Å². The summed E-state index contributed by atoms with van der Waals surface area (Å²) < 4.78 is 0. The molecule has 1 heterocycles. The number of anilines is 1. The number of carbonyl (C=O) groups is 1. The zero-order chi connectivity index (χ0) is 16.8. The summed E-state index contributed by atoms with van der Waals surface area (Å²) in [5.41, 5.74) is 8.47. The summed E-state index contributed by atoms with van der Waals surface area (Å²) in [4.78, 5) is 17.1. The van der Waals surface area contributed by atoms with Crippen molar-refractivity contribution in [2.75, 3.05) is 38.5 Å². The third kappa shape index (κ3) is 4.43. The Morgan fingerprint density at radius 1 is 0.875 bits per heavy atom. The standard InChI is InChI=1S/C20H25N3O/c21-19-9-5-4-8-18(19)20(24)10-11-22-12-14-23(15-13-22)16-17-6-2-1-3-7-17/h1-9H,10-16,21H2. The molecule has 1 aliphatic heterocycles. The van der Waals surface area contributed by atoms with Gasteiger partial charge in [-0.3, -0.25) is 9.69 Å². The van der Waals surface area contributed by atoms with Crippen LogP contribution in [0.1, 0.15) is 22.3 Å². The van der Waals surface area contributed by atoms with Crippen LogP contribution in [0.5, 0.6) is 0 Å². The minimum atomic E-state index is 0.139. The molecule has 3 rings (SSSR count). The largest absolute Gasteiger partial charge is 0.398 e. The number of carbonyl (C=O) groups excluding carboxylic acids is 1. The second-order valence-corrected chi connectivity index (χ2v) is 6.36. The van der Waals surface area contributed by atoms with Crippen LogP contribution in [0.15, 0.2) is 54.6 Å². The van der Waals surface area contributed by atoms with E-state index in [1.54, 1.807) is 6.07 Å². The van der Waals surface area contributed by atoms with E-state index in [4.69, 9.17) is 5.73 Å². The number of nitrogens with two attached hydrogens (primary N) is 1. The first-order valence-corrected chi connectivity index (χ1v) is 8.59. The Labute approximate surface area is 143 Å². The van der Waals surface area contributed by atoms with Crippen LogP contribution in [0, 0.1) is 0 Å². The van der Waals surface area contributed by atoms with E-state index in [9.17, 15) is 4.79 Å². The molecule has 1 saturated heterocycles. The van der Waals surface area contributed by atoms with Crippen molar-refractivity contribution >= 4 is 11.5 Å². The first-order chi connectivity index (χ1) is 11.7. The summed E-state index contributed by atoms with van der Waals surface area (Å²) >= 11 is 0. The van der Waals surface area contributed by atoms with Gasteiger partial charge in [-0.05, 0) is 17.7 Å². The van der Waals surface area contributed by atoms with Gasteiger partial charge in [-0.1, -0.05) is 42.5 Å². The van der Waals surface area contributed by atoms with Crippen LogP contribution >= 0.6 is 0 Å². The summed E-state index contributed by atoms with van der Waals surface area (Å²) in [7, 11) is 0. The van der Waals surface area contributed by atoms with Crippen LogP contribution in [0.25, 0.3) is 0 Å². The van der Waals surface area contributed by atoms with Gasteiger partial charge >= 0.3 is 0 Å². The maximum Gasteiger partial charge on any atom is 0.166 e. The second kappa shape index (κ2) is 8.08. The third-order valence-corrected chi connectivity index (χ3v) is 4.63. The van der Waals surface area contributed by atoms with Crippen LogP contribution in [0.4, 0.5) is 5.69 Å². The molecule has 0 unspecified atom stereocenters. The van der Waals surface area contributed by atoms with Crippen molar-refractivity contribution in [1.82, 2.24) is 9.80 Å². The number of hydrogen-bond acceptors (Lipinski definition) is 4. The van der Waals surface area contributed by atoms with Gasteiger partial charge in [-0.25, -0.2) is 0 Å². The third-order valence-electron chi connectivity index (χ3n) is 4.63. The van der Waals surface area contributed by atoms with Crippen molar-refractivity contribution in [3.05, 3.63) is 65.7 Å². The predicted molar refractivity (Wildman–Crippen MR) is 98.0 cm³/mol. The van der Waals surface area contributed by atoms with Crippen molar-refractivity contribution in [3.63, 3.8) is 0 Å². The Kier molecular flexibility index (Phi) is 5.62. The number of nitrogen functional groups attached to an aromatic ring is 1. The van der Waals surface area contributed by atoms with Crippen LogP contribution in [0.2, 0.25) is 0 Å². The Morgan fingerprint density at radius 3 is 2.21 bits per heavy atom. The van der Waals surface area contributed by atoms with Crippen LogP contribution in [0.3, 0.4) is 0 Å². The predicted octanol–water partition coefficient (Wildman–Crippen LogP) is 2.66. The number of nitrogens with zero attached hydrogens (tertiary/aromatic N) is 2. The summed E-state index contributed by atoms with van der Waals surface area (Å²) in [5, 5.41) is 0. The first kappa shape index (κ1) is 16.7. The summed E-state index contributed by atoms with van der Waals surface area (Å²) in [6.45, 7) is 5.96. The van der Waals surface area contributed by atoms with Gasteiger partial charge in [0.25, 0.3) is 0 Å². The molecule has 0 aliphatic carbocycles. The lowest BCUT2D eigenvalue weighted by Crippen LogP contribution is -2.46. The maximum absolute atomic E-state index is 12.3. The van der Waals surface area contributed by atoms with Crippen molar-refractivity contribution < 1.29 is 4.79 Å². The highest BCUT2D eigenvalue weighted by Gasteiger charge is 2.18. The maximum atomic E-state index is 12.3. The Hall–Kier alpha value is -2.17. The molecule has 0 radical (unpaired) electrons. The molecule has 0 saturated carbocycles. The van der Waals surface area contributed by atoms with E-state index in [1.165, 1.54) is 5.56 Å². The molecule has 0 bridgehead atoms. The number of Topliss-reactive ketones (excluding diaryl/α,β-unsaturated/α-hetero) is 1. The van der Waals surface area contributed by atoms with E-state index in [0.717, 1.165) is 39.3 Å². The van der Waals surface area contributed by atoms with E-state index in [1.807, 2.05) is 18.2 Å². The van der Waals surface area contributed by atoms with E-state index in [2.05, 4.69) is 40.1 Å². The molecule has 0 aromatic heterocycles. The number of ketones is 1. The molecular formula is C20H25N3O. The van der Waals surface area contributed by atoms with Crippen LogP contribution < -0.4 is 5.73 Å². The molecular weight excluding hydrogens is 298 g/mol. The number of rotatable bonds is 6. The summed E-state index contributed by atoms with van der Waals surface area (Å²) in [5.74, 6) is 0.139. The molecule has 1 aliphatic rings. The lowest BCUT2D eigenvalue weighted by atomic mass is 10.1. The highest BCUT2D eigenvalue weighted by Crippen LogP contribution is 2.14. The molecule has 2 aromatic carbocycles. The summed E-state index contributed by atoms with van der Waals surface area (Å²) in [6.07, 6.45) is 0.535. The van der Waals surface area contributed by atoms with Gasteiger partial charge in [0.2, 0.25) is 0 Å². The number of hydrogen-bond donors (Lipinski definition) is 1. The SMILES string of the molecule is Nc1ccccc1C(=O)CCN1CCN(Cc2ccccc2)CC1. The Balaban J connectivity index is 1.43. The van der Waals surface area contributed by atoms with Gasteiger partial charge < -0.3 is 10.6 Å². The summed E-state index contributed by atoms with van der Waals surface area (Å²) in [6, 6.07) is 17.9. The number of benzene rings is 2. The average Bonchev–Trinajstić information content (AvgIpc) is 2.62. The smallest absolute Gasteiger partial charge is 0.166 e. The number of para-hydroxylation sites is 1. The Bertz CT molecular complexity index is 664. The fourth-order valence-electron chi connectivity index (χ4n) is 3.16. The lowest BCUT2D eigenvalue weighted by Gasteiger charge is -2.34. The second-order valence-electron chi connectivity index (χ2n) is 6.36. The lowest BCUT2D eigenvalue weighted by molar-refractivity contribution is 0.0923. The monoisotopic (exact) mass is 323 g/mol. The van der Waals surface area contributed by atoms with Gasteiger partial charge in [0.15, 0.2) is 5.78 Å². The van der Waals surface area contributed by atoms with Gasteiger partial charge in [-0.15, -0.1) is 0 Å². The van der Waals surface area contributed by atoms with Crippen molar-refractivity contribution in [2.45, 2.75) is 13.0 Å². The minimum absolute atomic E-state index is 0.139. The Morgan fingerprint density at radius 2 is 1.50 bits per heavy atom. The van der Waals surface area contributed by atoms with Gasteiger partial charge in [0, 0.05) is 56.9 Å². The van der Waals surface area contributed by atoms with Gasteiger partial charge in [-0.2, -0.15) is 0 Å². The molecule has 4 nitrogen and oxygen atoms in total. The van der Waals surface area contributed by atoms with Crippen molar-refractivity contribution in [3.8, 4) is 0 Å². The van der Waals surface area contributed by atoms with Crippen molar-refractivity contribution in [1.29, 1.82) is 0 Å². The van der Waals surface area contributed by atoms with E-state index in [-0.39, 0.29) is 5.78 Å². The average molecular weight is 323 g/mol. The molecule has 2 aromatic rings. The molecule has 0 atom stereocenters. The zero-order valence-corrected chi connectivity index (χ0v) is 14.0. The van der Waals surface area contributed by atoms with Crippen LogP contribution in [-0.2, 0) is 6.54 Å². The molecule has 1 fully saturated rings. The fourth-order valence-corrected chi connectivity index (χ4v) is 3.16. The molecule has 0 amide bonds. The van der Waals surface area contributed by atoms with E-state index < -0.39 is 0 Å². The minimum Gasteiger partial charge on any atom is -0.398 e. The first-order valence-electron chi connectivity index (χ1n) is 8.59. The van der Waals surface area contributed by atoms with Crippen LogP contribution in [-0.4, -0.2) is 48.3 Å². The van der Waals surface area contributed by atoms with E-state index >= 15 is 0 Å². The normalized spacial score (nSPS) is 16.2. The molecule has 4 heteroatoms. The highest BCUT2D eigenvalue weighted by molar-refractivity contribution is 6.00. The molecule has 126 valence electrons. The van der Waals surface area contributed by atoms with E-state index in [0.29, 0.717) is 17.7 Å². The quantitative estimate of drug-likeness (QED) is 0.656. The molecule has 2 N–H and O–H groups in total. The van der Waals surface area contributed by atoms with Crippen molar-refractivity contribution in [2.24, 2.45) is 0 Å². The molecule has 0 spiro atoms. The molecule has 24 heavy (non-hydrogen) atoms. The zero-order valence-electron chi connectivity index (χ0n) is 14.0. The highest BCUT2D eigenvalue weighted by atomic mass is 16.1. The van der Waals surface area contributed by atoms with Gasteiger partial charge in [0.05, 0.1) is 0 Å². The number of piperazine rings is 1. The topological polar surface area (TPSA) is 49.6 Å². The fraction of sp³-hybridized carbons (Fsp3) is 0.350.